The third-order valence-corrected chi connectivity index (χ3v) is 5.62. The normalized spacial score (nSPS) is 18.3. The number of hydrogen-bond acceptors (Lipinski definition) is 6. The predicted molar refractivity (Wildman–Crippen MR) is 91.5 cm³/mol. The molecular weight excluding hydrogens is 342 g/mol. The van der Waals surface area contributed by atoms with Crippen molar-refractivity contribution in [1.29, 1.82) is 0 Å². The lowest BCUT2D eigenvalue weighted by Crippen LogP contribution is -2.42. The second-order valence-electron chi connectivity index (χ2n) is 6.59. The van der Waals surface area contributed by atoms with E-state index < -0.39 is 26.7 Å². The number of amides is 1. The monoisotopic (exact) mass is 363 g/mol. The minimum Gasteiger partial charge on any atom is -0.408 e. The summed E-state index contributed by atoms with van der Waals surface area (Å²) in [6, 6.07) is 7.29. The maximum Gasteiger partial charge on any atom is 0.336 e. The zero-order chi connectivity index (χ0) is 18.0. The van der Waals surface area contributed by atoms with Gasteiger partial charge in [-0.2, -0.15) is 0 Å². The van der Waals surface area contributed by atoms with Crippen molar-refractivity contribution < 1.29 is 17.6 Å². The zero-order valence-corrected chi connectivity index (χ0v) is 15.1. The molecule has 1 fully saturated rings. The molecule has 1 amide bonds. The van der Waals surface area contributed by atoms with Crippen LogP contribution in [0, 0.1) is 12.8 Å². The van der Waals surface area contributed by atoms with Gasteiger partial charge in [-0.25, -0.2) is 8.42 Å². The lowest BCUT2D eigenvalue weighted by atomic mass is 10.0. The minimum atomic E-state index is -3.95. The van der Waals surface area contributed by atoms with Crippen LogP contribution in [0.25, 0.3) is 11.5 Å². The number of carbonyl (C=O) groups excluding carboxylic acids is 1. The van der Waals surface area contributed by atoms with E-state index in [4.69, 9.17) is 4.42 Å². The van der Waals surface area contributed by atoms with Crippen LogP contribution in [0.4, 0.5) is 0 Å². The number of nitrogens with zero attached hydrogens (tertiary/aromatic N) is 3. The van der Waals surface area contributed by atoms with E-state index in [1.54, 1.807) is 17.0 Å². The Morgan fingerprint density at radius 3 is 2.68 bits per heavy atom. The lowest BCUT2D eigenvalue weighted by molar-refractivity contribution is -0.130. The van der Waals surface area contributed by atoms with Crippen molar-refractivity contribution in [2.24, 2.45) is 5.92 Å². The SMILES string of the molecule is Cc1ccc(-c2nnc(S(=O)(=O)CC(=O)N3CCCC(C)C3)o2)cc1. The van der Waals surface area contributed by atoms with Crippen LogP contribution in [0.2, 0.25) is 0 Å². The molecule has 3 rings (SSSR count). The van der Waals surface area contributed by atoms with Gasteiger partial charge >= 0.3 is 5.22 Å². The molecule has 0 bridgehead atoms. The lowest BCUT2D eigenvalue weighted by Gasteiger charge is -2.30. The van der Waals surface area contributed by atoms with E-state index in [-0.39, 0.29) is 5.89 Å². The molecule has 1 unspecified atom stereocenters. The fourth-order valence-electron chi connectivity index (χ4n) is 2.88. The van der Waals surface area contributed by atoms with Crippen molar-refractivity contribution in [3.63, 3.8) is 0 Å². The summed E-state index contributed by atoms with van der Waals surface area (Å²) in [6.07, 6.45) is 1.95. The molecule has 1 aromatic carbocycles. The first-order valence-electron chi connectivity index (χ1n) is 8.26. The quantitative estimate of drug-likeness (QED) is 0.825. The van der Waals surface area contributed by atoms with Crippen LogP contribution in [0.15, 0.2) is 33.9 Å². The van der Waals surface area contributed by atoms with E-state index in [1.807, 2.05) is 19.1 Å². The highest BCUT2D eigenvalue weighted by Crippen LogP contribution is 2.21. The van der Waals surface area contributed by atoms with E-state index in [1.165, 1.54) is 0 Å². The van der Waals surface area contributed by atoms with Crippen molar-refractivity contribution in [3.8, 4) is 11.5 Å². The second kappa shape index (κ2) is 6.95. The summed E-state index contributed by atoms with van der Waals surface area (Å²) in [5.74, 6) is -0.550. The van der Waals surface area contributed by atoms with Crippen LogP contribution in [-0.4, -0.2) is 48.3 Å². The Kier molecular flexibility index (Phi) is 4.89. The second-order valence-corrected chi connectivity index (χ2v) is 8.45. The molecule has 25 heavy (non-hydrogen) atoms. The number of likely N-dealkylation sites (tertiary alicyclic amines) is 1. The molecule has 1 aliphatic rings. The minimum absolute atomic E-state index is 0.123. The van der Waals surface area contributed by atoms with E-state index in [0.717, 1.165) is 18.4 Å². The molecule has 1 atom stereocenters. The summed E-state index contributed by atoms with van der Waals surface area (Å²) < 4.78 is 30.1. The maximum absolute atomic E-state index is 12.4. The molecule has 0 spiro atoms. The van der Waals surface area contributed by atoms with Gasteiger partial charge in [0, 0.05) is 18.7 Å². The van der Waals surface area contributed by atoms with Crippen LogP contribution in [0.1, 0.15) is 25.3 Å². The molecular formula is C17H21N3O4S. The number of piperidine rings is 1. The summed E-state index contributed by atoms with van der Waals surface area (Å²) >= 11 is 0. The number of carbonyl (C=O) groups is 1. The smallest absolute Gasteiger partial charge is 0.336 e. The van der Waals surface area contributed by atoms with Gasteiger partial charge < -0.3 is 9.32 Å². The summed E-state index contributed by atoms with van der Waals surface area (Å²) in [6.45, 7) is 5.18. The molecule has 0 aliphatic carbocycles. The van der Waals surface area contributed by atoms with E-state index in [9.17, 15) is 13.2 Å². The molecule has 0 saturated carbocycles. The van der Waals surface area contributed by atoms with Crippen molar-refractivity contribution in [3.05, 3.63) is 29.8 Å². The van der Waals surface area contributed by atoms with Gasteiger partial charge in [-0.15, -0.1) is 5.10 Å². The van der Waals surface area contributed by atoms with Crippen LogP contribution in [0.5, 0.6) is 0 Å². The van der Waals surface area contributed by atoms with Crippen molar-refractivity contribution in [2.75, 3.05) is 18.8 Å². The van der Waals surface area contributed by atoms with E-state index >= 15 is 0 Å². The first kappa shape index (κ1) is 17.6. The van der Waals surface area contributed by atoms with Gasteiger partial charge in [0.1, 0.15) is 5.75 Å². The number of sulfone groups is 1. The van der Waals surface area contributed by atoms with Gasteiger partial charge in [-0.3, -0.25) is 4.79 Å². The van der Waals surface area contributed by atoms with Gasteiger partial charge in [0.15, 0.2) is 0 Å². The number of hydrogen-bond donors (Lipinski definition) is 0. The van der Waals surface area contributed by atoms with Crippen LogP contribution < -0.4 is 0 Å². The number of benzene rings is 1. The van der Waals surface area contributed by atoms with Crippen LogP contribution >= 0.6 is 0 Å². The molecule has 1 saturated heterocycles. The summed E-state index contributed by atoms with van der Waals surface area (Å²) in [5, 5.41) is 6.91. The molecule has 0 radical (unpaired) electrons. The third kappa shape index (κ3) is 4.07. The highest BCUT2D eigenvalue weighted by Gasteiger charge is 2.30. The largest absolute Gasteiger partial charge is 0.408 e. The van der Waals surface area contributed by atoms with Gasteiger partial charge in [0.2, 0.25) is 21.6 Å². The zero-order valence-electron chi connectivity index (χ0n) is 14.3. The van der Waals surface area contributed by atoms with Crippen molar-refractivity contribution in [2.45, 2.75) is 31.9 Å². The maximum atomic E-state index is 12.4. The standard InChI is InChI=1S/C17H21N3O4S/c1-12-5-7-14(8-6-12)16-18-19-17(24-16)25(22,23)11-15(21)20-9-3-4-13(2)10-20/h5-8,13H,3-4,9-11H2,1-2H3. The molecule has 2 heterocycles. The Balaban J connectivity index is 1.74. The van der Waals surface area contributed by atoms with Crippen LogP contribution in [-0.2, 0) is 14.6 Å². The Bertz CT molecular complexity index is 858. The summed E-state index contributed by atoms with van der Waals surface area (Å²) in [5.41, 5.74) is 1.70. The summed E-state index contributed by atoms with van der Waals surface area (Å²) in [7, 11) is -3.95. The Morgan fingerprint density at radius 1 is 1.28 bits per heavy atom. The number of aromatic nitrogens is 2. The third-order valence-electron chi connectivity index (χ3n) is 4.29. The molecule has 1 aliphatic heterocycles. The van der Waals surface area contributed by atoms with Crippen molar-refractivity contribution >= 4 is 15.7 Å². The average molecular weight is 363 g/mol. The topological polar surface area (TPSA) is 93.4 Å². The van der Waals surface area contributed by atoms with Gasteiger partial charge in [-0.05, 0) is 37.8 Å². The fraction of sp³-hybridized carbons (Fsp3) is 0.471. The highest BCUT2D eigenvalue weighted by molar-refractivity contribution is 7.91. The van der Waals surface area contributed by atoms with Gasteiger partial charge in [0.05, 0.1) is 0 Å². The molecule has 2 aromatic rings. The van der Waals surface area contributed by atoms with E-state index in [2.05, 4.69) is 17.1 Å². The predicted octanol–water partition coefficient (Wildman–Crippen LogP) is 2.08. The van der Waals surface area contributed by atoms with Gasteiger partial charge in [-0.1, -0.05) is 29.7 Å². The van der Waals surface area contributed by atoms with Crippen molar-refractivity contribution in [1.82, 2.24) is 15.1 Å². The first-order valence-corrected chi connectivity index (χ1v) is 9.91. The molecule has 8 heteroatoms. The highest BCUT2D eigenvalue weighted by atomic mass is 32.2. The Hall–Kier alpha value is -2.22. The van der Waals surface area contributed by atoms with Crippen LogP contribution in [0.3, 0.4) is 0 Å². The number of rotatable bonds is 4. The Labute approximate surface area is 147 Å². The molecule has 134 valence electrons. The molecule has 0 N–H and O–H groups in total. The molecule has 1 aromatic heterocycles. The molecule has 7 nitrogen and oxygen atoms in total. The van der Waals surface area contributed by atoms with E-state index in [0.29, 0.717) is 24.6 Å². The first-order chi connectivity index (χ1) is 11.8. The van der Waals surface area contributed by atoms with Gasteiger partial charge in [0.25, 0.3) is 0 Å². The average Bonchev–Trinajstić information content (AvgIpc) is 3.06. The number of aryl methyl sites for hydroxylation is 1. The summed E-state index contributed by atoms with van der Waals surface area (Å²) in [4.78, 5) is 13.9. The Morgan fingerprint density at radius 2 is 2.00 bits per heavy atom. The fourth-order valence-corrected chi connectivity index (χ4v) is 3.88.